The van der Waals surface area contributed by atoms with Crippen LogP contribution in [0.5, 0.6) is 0 Å². The van der Waals surface area contributed by atoms with Gasteiger partial charge in [-0.3, -0.25) is 4.99 Å². The van der Waals surface area contributed by atoms with E-state index in [9.17, 15) is 0 Å². The minimum atomic E-state index is 0.301. The number of rotatable bonds is 5. The van der Waals surface area contributed by atoms with Crippen LogP contribution in [-0.4, -0.2) is 43.5 Å². The third kappa shape index (κ3) is 3.01. The Morgan fingerprint density at radius 1 is 1.30 bits per heavy atom. The van der Waals surface area contributed by atoms with Crippen molar-refractivity contribution in [2.75, 3.05) is 6.54 Å². The summed E-state index contributed by atoms with van der Waals surface area (Å²) >= 11 is 0. The zero-order chi connectivity index (χ0) is 15.6. The first kappa shape index (κ1) is 13.7. The fraction of sp³-hybridized carbons (Fsp3) is 0.333. The summed E-state index contributed by atoms with van der Waals surface area (Å²) < 4.78 is 1.81. The lowest BCUT2D eigenvalue weighted by Gasteiger charge is -2.08. The average molecular weight is 310 g/mol. The molecule has 1 unspecified atom stereocenters. The van der Waals surface area contributed by atoms with Crippen LogP contribution in [0.1, 0.15) is 17.9 Å². The Kier molecular flexibility index (Phi) is 3.41. The molecule has 8 nitrogen and oxygen atoms in total. The van der Waals surface area contributed by atoms with Gasteiger partial charge in [-0.15, -0.1) is 5.10 Å². The van der Waals surface area contributed by atoms with Crippen LogP contribution in [-0.2, 0) is 13.0 Å². The number of nitrogens with two attached hydrogens (primary N) is 1. The number of aryl methyl sites for hydroxylation is 1. The van der Waals surface area contributed by atoms with Gasteiger partial charge >= 0.3 is 0 Å². The molecule has 0 aliphatic carbocycles. The van der Waals surface area contributed by atoms with E-state index < -0.39 is 0 Å². The fourth-order valence-electron chi connectivity index (χ4n) is 2.76. The summed E-state index contributed by atoms with van der Waals surface area (Å²) in [5.41, 5.74) is 8.58. The standard InChI is InChI=1S/C15H18N8/c16-15-17-7-10(18-15)5-6-11-8-23(22-21-11)9-14-19-12-3-1-2-4-13(12)20-14/h1-4,8,10H,5-7,9H2,(H,19,20)(H3,16,17,18). The maximum atomic E-state index is 5.61. The van der Waals surface area contributed by atoms with Crippen LogP contribution >= 0.6 is 0 Å². The Bertz CT molecular complexity index is 813. The smallest absolute Gasteiger partial charge is 0.188 e. The molecule has 0 saturated heterocycles. The normalized spacial score (nSPS) is 17.4. The average Bonchev–Trinajstić information content (AvgIpc) is 3.25. The van der Waals surface area contributed by atoms with Crippen LogP contribution in [0, 0.1) is 0 Å². The van der Waals surface area contributed by atoms with E-state index in [1.165, 1.54) is 0 Å². The molecular weight excluding hydrogens is 292 g/mol. The minimum absolute atomic E-state index is 0.301. The Balaban J connectivity index is 1.37. The first-order chi connectivity index (χ1) is 11.3. The van der Waals surface area contributed by atoms with E-state index in [4.69, 9.17) is 5.73 Å². The fourth-order valence-corrected chi connectivity index (χ4v) is 2.76. The van der Waals surface area contributed by atoms with Crippen molar-refractivity contribution >= 4 is 17.0 Å². The van der Waals surface area contributed by atoms with Gasteiger partial charge in [0.25, 0.3) is 0 Å². The molecule has 0 radical (unpaired) electrons. The molecule has 4 rings (SSSR count). The maximum Gasteiger partial charge on any atom is 0.188 e. The molecular formula is C15H18N8. The second-order valence-corrected chi connectivity index (χ2v) is 5.71. The summed E-state index contributed by atoms with van der Waals surface area (Å²) in [5, 5.41) is 11.5. The van der Waals surface area contributed by atoms with Crippen LogP contribution in [0.25, 0.3) is 11.0 Å². The number of imidazole rings is 1. The number of nitrogens with one attached hydrogen (secondary N) is 2. The zero-order valence-electron chi connectivity index (χ0n) is 12.6. The molecule has 3 aromatic rings. The van der Waals surface area contributed by atoms with E-state index >= 15 is 0 Å². The molecule has 3 heterocycles. The highest BCUT2D eigenvalue weighted by atomic mass is 15.4. The lowest BCUT2D eigenvalue weighted by Crippen LogP contribution is -2.35. The molecule has 2 aromatic heterocycles. The van der Waals surface area contributed by atoms with Gasteiger partial charge in [-0.2, -0.15) is 0 Å². The van der Waals surface area contributed by atoms with Crippen molar-refractivity contribution < 1.29 is 0 Å². The molecule has 0 spiro atoms. The van der Waals surface area contributed by atoms with Gasteiger partial charge in [-0.05, 0) is 25.0 Å². The lowest BCUT2D eigenvalue weighted by atomic mass is 10.1. The first-order valence-corrected chi connectivity index (χ1v) is 7.65. The molecule has 4 N–H and O–H groups in total. The number of benzene rings is 1. The van der Waals surface area contributed by atoms with Crippen LogP contribution in [0.3, 0.4) is 0 Å². The van der Waals surface area contributed by atoms with Crippen molar-refractivity contribution in [2.24, 2.45) is 10.7 Å². The Morgan fingerprint density at radius 2 is 2.22 bits per heavy atom. The number of H-pyrrole nitrogens is 1. The van der Waals surface area contributed by atoms with Gasteiger partial charge in [0.1, 0.15) is 12.4 Å². The highest BCUT2D eigenvalue weighted by molar-refractivity contribution is 5.79. The van der Waals surface area contributed by atoms with Gasteiger partial charge in [-0.25, -0.2) is 9.67 Å². The van der Waals surface area contributed by atoms with Gasteiger partial charge in [0, 0.05) is 12.2 Å². The number of hydrogen-bond acceptors (Lipinski definition) is 6. The van der Waals surface area contributed by atoms with E-state index in [0.717, 1.165) is 41.9 Å². The van der Waals surface area contributed by atoms with E-state index in [1.807, 2.05) is 30.5 Å². The second kappa shape index (κ2) is 5.71. The van der Waals surface area contributed by atoms with E-state index in [0.29, 0.717) is 18.5 Å². The predicted octanol–water partition coefficient (Wildman–Crippen LogP) is 0.422. The first-order valence-electron chi connectivity index (χ1n) is 7.65. The SMILES string of the molecule is NC1=NCC(CCc2cn(Cc3nc4ccccc4[nH]3)nn2)N1. The van der Waals surface area contributed by atoms with Crippen molar-refractivity contribution in [1.82, 2.24) is 30.3 Å². The maximum absolute atomic E-state index is 5.61. The Labute approximate surface area is 132 Å². The summed E-state index contributed by atoms with van der Waals surface area (Å²) in [6.07, 6.45) is 3.75. The van der Waals surface area contributed by atoms with Crippen molar-refractivity contribution in [3.63, 3.8) is 0 Å². The van der Waals surface area contributed by atoms with Gasteiger partial charge in [-0.1, -0.05) is 17.3 Å². The zero-order valence-corrected chi connectivity index (χ0v) is 12.6. The number of para-hydroxylation sites is 2. The van der Waals surface area contributed by atoms with Crippen molar-refractivity contribution in [1.29, 1.82) is 0 Å². The molecule has 23 heavy (non-hydrogen) atoms. The number of hydrogen-bond donors (Lipinski definition) is 3. The molecule has 1 aromatic carbocycles. The summed E-state index contributed by atoms with van der Waals surface area (Å²) in [4.78, 5) is 12.0. The van der Waals surface area contributed by atoms with Crippen LogP contribution in [0.4, 0.5) is 0 Å². The molecule has 0 fully saturated rings. The number of aromatic nitrogens is 5. The largest absolute Gasteiger partial charge is 0.370 e. The number of fused-ring (bicyclic) bond motifs is 1. The van der Waals surface area contributed by atoms with Crippen LogP contribution < -0.4 is 11.1 Å². The van der Waals surface area contributed by atoms with Crippen molar-refractivity contribution in [3.05, 3.63) is 42.0 Å². The van der Waals surface area contributed by atoms with Gasteiger partial charge in [0.05, 0.1) is 23.3 Å². The van der Waals surface area contributed by atoms with E-state index in [2.05, 4.69) is 30.6 Å². The topological polar surface area (TPSA) is 110 Å². The molecule has 1 atom stereocenters. The highest BCUT2D eigenvalue weighted by Crippen LogP contribution is 2.11. The third-order valence-electron chi connectivity index (χ3n) is 3.92. The Hall–Kier alpha value is -2.90. The summed E-state index contributed by atoms with van der Waals surface area (Å²) in [5.74, 6) is 1.41. The molecule has 1 aliphatic rings. The molecule has 118 valence electrons. The van der Waals surface area contributed by atoms with Crippen LogP contribution in [0.2, 0.25) is 0 Å². The summed E-state index contributed by atoms with van der Waals surface area (Å²) in [6.45, 7) is 1.32. The van der Waals surface area contributed by atoms with E-state index in [1.54, 1.807) is 4.68 Å². The molecule has 0 amide bonds. The summed E-state index contributed by atoms with van der Waals surface area (Å²) in [6, 6.07) is 8.28. The van der Waals surface area contributed by atoms with Gasteiger partial charge < -0.3 is 16.0 Å². The Morgan fingerprint density at radius 3 is 3.04 bits per heavy atom. The summed E-state index contributed by atoms with van der Waals surface area (Å²) in [7, 11) is 0. The number of guanidine groups is 1. The monoisotopic (exact) mass is 310 g/mol. The highest BCUT2D eigenvalue weighted by Gasteiger charge is 2.15. The van der Waals surface area contributed by atoms with Crippen molar-refractivity contribution in [2.45, 2.75) is 25.4 Å². The lowest BCUT2D eigenvalue weighted by molar-refractivity contribution is 0.594. The quantitative estimate of drug-likeness (QED) is 0.633. The number of nitrogens with zero attached hydrogens (tertiary/aromatic N) is 5. The van der Waals surface area contributed by atoms with Gasteiger partial charge in [0.15, 0.2) is 5.96 Å². The minimum Gasteiger partial charge on any atom is -0.370 e. The molecule has 8 heteroatoms. The van der Waals surface area contributed by atoms with Crippen LogP contribution in [0.15, 0.2) is 35.5 Å². The molecule has 1 aliphatic heterocycles. The van der Waals surface area contributed by atoms with E-state index in [-0.39, 0.29) is 0 Å². The van der Waals surface area contributed by atoms with Gasteiger partial charge in [0.2, 0.25) is 0 Å². The second-order valence-electron chi connectivity index (χ2n) is 5.71. The number of aromatic amines is 1. The predicted molar refractivity (Wildman–Crippen MR) is 87.0 cm³/mol. The molecule has 0 saturated carbocycles. The third-order valence-corrected chi connectivity index (χ3v) is 3.92. The molecule has 0 bridgehead atoms. The van der Waals surface area contributed by atoms with Crippen molar-refractivity contribution in [3.8, 4) is 0 Å². The number of aliphatic imine (C=N–C) groups is 1.